The molecule has 0 aromatic heterocycles. The topological polar surface area (TPSA) is 23.5 Å². The Hall–Kier alpha value is -1.23. The first-order chi connectivity index (χ1) is 6.75. The first kappa shape index (κ1) is 13.8. The minimum Gasteiger partial charge on any atom is -0.507 e. The van der Waals surface area contributed by atoms with Crippen LogP contribution in [0.3, 0.4) is 0 Å². The molecular formula is C10H14F3NO. The molecule has 1 aromatic rings. The molecule has 0 aliphatic heterocycles. The number of halogens is 3. The average molecular weight is 221 g/mol. The van der Waals surface area contributed by atoms with Crippen LogP contribution < -0.4 is 0 Å². The van der Waals surface area contributed by atoms with E-state index in [1.54, 1.807) is 0 Å². The van der Waals surface area contributed by atoms with Crippen LogP contribution in [-0.4, -0.2) is 31.1 Å². The summed E-state index contributed by atoms with van der Waals surface area (Å²) in [5.74, 6) is -0.736. The molecule has 86 valence electrons. The van der Waals surface area contributed by atoms with E-state index in [4.69, 9.17) is 5.11 Å². The standard InChI is InChI=1S/C7H5F3O.C3H9N/c8-7(9,10)5-3-1-2-4-6(5)11;1-4(2)3/h1-4,11H;1-3H3. The molecular weight excluding hydrogens is 207 g/mol. The zero-order chi connectivity index (χ0) is 12.1. The lowest BCUT2D eigenvalue weighted by Gasteiger charge is -2.06. The summed E-state index contributed by atoms with van der Waals surface area (Å²) in [6, 6.07) is 4.39. The van der Waals surface area contributed by atoms with Gasteiger partial charge in [0.15, 0.2) is 0 Å². The van der Waals surface area contributed by atoms with Gasteiger partial charge in [0, 0.05) is 0 Å². The minimum absolute atomic E-state index is 0.736. The van der Waals surface area contributed by atoms with Gasteiger partial charge in [0.2, 0.25) is 0 Å². The van der Waals surface area contributed by atoms with Crippen LogP contribution in [0.5, 0.6) is 5.75 Å². The number of phenolic OH excluding ortho intramolecular Hbond substituents is 1. The average Bonchev–Trinajstić information content (AvgIpc) is 2.01. The number of phenols is 1. The van der Waals surface area contributed by atoms with Gasteiger partial charge < -0.3 is 10.0 Å². The Labute approximate surface area is 86.9 Å². The quantitative estimate of drug-likeness (QED) is 0.727. The van der Waals surface area contributed by atoms with Crippen LogP contribution >= 0.6 is 0 Å². The fourth-order valence-electron chi connectivity index (χ4n) is 0.713. The number of benzene rings is 1. The molecule has 0 spiro atoms. The Kier molecular flexibility index (Phi) is 5.14. The van der Waals surface area contributed by atoms with E-state index in [9.17, 15) is 13.2 Å². The van der Waals surface area contributed by atoms with Crippen LogP contribution in [-0.2, 0) is 6.18 Å². The lowest BCUT2D eigenvalue weighted by Crippen LogP contribution is -2.04. The number of aromatic hydroxyl groups is 1. The van der Waals surface area contributed by atoms with E-state index >= 15 is 0 Å². The van der Waals surface area contributed by atoms with Crippen molar-refractivity contribution in [3.63, 3.8) is 0 Å². The maximum absolute atomic E-state index is 11.9. The van der Waals surface area contributed by atoms with E-state index in [0.29, 0.717) is 0 Å². The van der Waals surface area contributed by atoms with E-state index < -0.39 is 17.5 Å². The number of para-hydroxylation sites is 1. The molecule has 0 radical (unpaired) electrons. The molecule has 0 saturated carbocycles. The third-order valence-corrected chi connectivity index (χ3v) is 1.21. The second kappa shape index (κ2) is 5.60. The normalized spacial score (nSPS) is 10.9. The smallest absolute Gasteiger partial charge is 0.419 e. The third-order valence-electron chi connectivity index (χ3n) is 1.21. The maximum atomic E-state index is 11.9. The molecule has 1 rings (SSSR count). The van der Waals surface area contributed by atoms with Gasteiger partial charge in [0.05, 0.1) is 5.56 Å². The highest BCUT2D eigenvalue weighted by Gasteiger charge is 2.33. The highest BCUT2D eigenvalue weighted by molar-refractivity contribution is 5.33. The summed E-state index contributed by atoms with van der Waals surface area (Å²) < 4.78 is 35.7. The van der Waals surface area contributed by atoms with Crippen molar-refractivity contribution in [2.75, 3.05) is 21.1 Å². The molecule has 0 aliphatic rings. The van der Waals surface area contributed by atoms with Gasteiger partial charge in [-0.1, -0.05) is 12.1 Å². The summed E-state index contributed by atoms with van der Waals surface area (Å²) in [5.41, 5.74) is -1.000. The summed E-state index contributed by atoms with van der Waals surface area (Å²) >= 11 is 0. The molecule has 0 fully saturated rings. The number of hydrogen-bond acceptors (Lipinski definition) is 2. The van der Waals surface area contributed by atoms with E-state index in [1.165, 1.54) is 12.1 Å². The van der Waals surface area contributed by atoms with E-state index in [-0.39, 0.29) is 0 Å². The van der Waals surface area contributed by atoms with Crippen LogP contribution in [0.4, 0.5) is 13.2 Å². The van der Waals surface area contributed by atoms with Crippen LogP contribution in [0.1, 0.15) is 5.56 Å². The molecule has 1 N–H and O–H groups in total. The molecule has 0 aliphatic carbocycles. The van der Waals surface area contributed by atoms with Crippen molar-refractivity contribution < 1.29 is 18.3 Å². The summed E-state index contributed by atoms with van der Waals surface area (Å²) in [7, 11) is 6.00. The lowest BCUT2D eigenvalue weighted by molar-refractivity contribution is -0.138. The van der Waals surface area contributed by atoms with Gasteiger partial charge >= 0.3 is 6.18 Å². The zero-order valence-corrected chi connectivity index (χ0v) is 8.84. The van der Waals surface area contributed by atoms with Gasteiger partial charge in [0.25, 0.3) is 0 Å². The second-order valence-electron chi connectivity index (χ2n) is 3.36. The first-order valence-electron chi connectivity index (χ1n) is 4.21. The molecule has 15 heavy (non-hydrogen) atoms. The van der Waals surface area contributed by atoms with Gasteiger partial charge in [-0.05, 0) is 33.3 Å². The number of hydrogen-bond donors (Lipinski definition) is 1. The molecule has 0 amide bonds. The van der Waals surface area contributed by atoms with Crippen molar-refractivity contribution in [2.24, 2.45) is 0 Å². The molecule has 0 atom stereocenters. The molecule has 0 heterocycles. The summed E-state index contributed by atoms with van der Waals surface area (Å²) in [5, 5.41) is 8.73. The highest BCUT2D eigenvalue weighted by atomic mass is 19.4. The Morgan fingerprint density at radius 1 is 1.07 bits per heavy atom. The van der Waals surface area contributed by atoms with Gasteiger partial charge in [-0.15, -0.1) is 0 Å². The Bertz CT molecular complexity index is 294. The molecule has 5 heteroatoms. The molecule has 0 unspecified atom stereocenters. The third kappa shape index (κ3) is 5.96. The van der Waals surface area contributed by atoms with Crippen LogP contribution in [0, 0.1) is 0 Å². The van der Waals surface area contributed by atoms with E-state index in [2.05, 4.69) is 0 Å². The molecule has 0 saturated heterocycles. The second-order valence-corrected chi connectivity index (χ2v) is 3.36. The first-order valence-corrected chi connectivity index (χ1v) is 4.21. The predicted molar refractivity (Wildman–Crippen MR) is 52.7 cm³/mol. The van der Waals surface area contributed by atoms with Crippen molar-refractivity contribution in [2.45, 2.75) is 6.18 Å². The van der Waals surface area contributed by atoms with E-state index in [0.717, 1.165) is 12.1 Å². The molecule has 1 aromatic carbocycles. The van der Waals surface area contributed by atoms with Gasteiger partial charge in [-0.3, -0.25) is 0 Å². The van der Waals surface area contributed by atoms with Crippen LogP contribution in [0.2, 0.25) is 0 Å². The van der Waals surface area contributed by atoms with Crippen LogP contribution in [0.15, 0.2) is 24.3 Å². The van der Waals surface area contributed by atoms with Gasteiger partial charge in [-0.2, -0.15) is 13.2 Å². The minimum atomic E-state index is -4.47. The van der Waals surface area contributed by atoms with Crippen molar-refractivity contribution in [1.82, 2.24) is 4.90 Å². The Morgan fingerprint density at radius 3 is 1.73 bits per heavy atom. The SMILES string of the molecule is CN(C)C.Oc1ccccc1C(F)(F)F. The highest BCUT2D eigenvalue weighted by Crippen LogP contribution is 2.34. The largest absolute Gasteiger partial charge is 0.507 e. The maximum Gasteiger partial charge on any atom is 0.419 e. The van der Waals surface area contributed by atoms with E-state index in [1.807, 2.05) is 26.0 Å². The monoisotopic (exact) mass is 221 g/mol. The van der Waals surface area contributed by atoms with Crippen LogP contribution in [0.25, 0.3) is 0 Å². The van der Waals surface area contributed by atoms with Gasteiger partial charge in [0.1, 0.15) is 5.75 Å². The Balaban J connectivity index is 0.000000423. The zero-order valence-electron chi connectivity index (χ0n) is 8.84. The van der Waals surface area contributed by atoms with Gasteiger partial charge in [-0.25, -0.2) is 0 Å². The Morgan fingerprint density at radius 2 is 1.47 bits per heavy atom. The van der Waals surface area contributed by atoms with Crippen molar-refractivity contribution >= 4 is 0 Å². The van der Waals surface area contributed by atoms with Crippen molar-refractivity contribution in [1.29, 1.82) is 0 Å². The fraction of sp³-hybridized carbons (Fsp3) is 0.400. The summed E-state index contributed by atoms with van der Waals surface area (Å²) in [6.45, 7) is 0. The number of nitrogens with zero attached hydrogens (tertiary/aromatic N) is 1. The predicted octanol–water partition coefficient (Wildman–Crippen LogP) is 2.59. The van der Waals surface area contributed by atoms with Crippen molar-refractivity contribution in [3.05, 3.63) is 29.8 Å². The molecule has 0 bridgehead atoms. The summed E-state index contributed by atoms with van der Waals surface area (Å²) in [6.07, 6.45) is -4.47. The molecule has 2 nitrogen and oxygen atoms in total. The van der Waals surface area contributed by atoms with Crippen molar-refractivity contribution in [3.8, 4) is 5.75 Å². The number of rotatable bonds is 0. The fourth-order valence-corrected chi connectivity index (χ4v) is 0.713. The lowest BCUT2D eigenvalue weighted by atomic mass is 10.2. The summed E-state index contributed by atoms with van der Waals surface area (Å²) in [4.78, 5) is 2.00. The number of alkyl halides is 3.